The van der Waals surface area contributed by atoms with E-state index in [1.165, 1.54) is 0 Å². The van der Waals surface area contributed by atoms with Crippen molar-refractivity contribution in [2.75, 3.05) is 6.61 Å². The number of nitrogens with zero attached hydrogens (tertiary/aromatic N) is 4. The summed E-state index contributed by atoms with van der Waals surface area (Å²) >= 11 is 0. The molecule has 1 aromatic rings. The molecule has 1 aliphatic rings. The summed E-state index contributed by atoms with van der Waals surface area (Å²) in [5.41, 5.74) is 6.65. The molecular weight excluding hydrogens is 286 g/mol. The van der Waals surface area contributed by atoms with Crippen molar-refractivity contribution in [3.05, 3.63) is 43.0 Å². The van der Waals surface area contributed by atoms with Crippen LogP contribution in [0.2, 0.25) is 0 Å². The largest absolute Gasteiger partial charge is 0.394 e. The number of hydrogen-bond donors (Lipinski definition) is 4. The van der Waals surface area contributed by atoms with Crippen LogP contribution < -0.4 is 11.2 Å². The number of hydrogen-bond acceptors (Lipinski definition) is 7. The van der Waals surface area contributed by atoms with Gasteiger partial charge in [0, 0.05) is 16.7 Å². The van der Waals surface area contributed by atoms with Crippen molar-refractivity contribution in [2.45, 2.75) is 31.1 Å². The Labute approximate surface area is 116 Å². The molecule has 0 saturated carbocycles. The van der Waals surface area contributed by atoms with Crippen LogP contribution >= 0.6 is 0 Å². The maximum absolute atomic E-state index is 11.8. The lowest BCUT2D eigenvalue weighted by Gasteiger charge is -2.17. The number of aromatic amines is 1. The summed E-state index contributed by atoms with van der Waals surface area (Å²) < 4.78 is 6.06. The van der Waals surface area contributed by atoms with Gasteiger partial charge in [0.2, 0.25) is 0 Å². The van der Waals surface area contributed by atoms with Crippen molar-refractivity contribution >= 4 is 0 Å². The molecule has 4 N–H and O–H groups in total. The molecule has 0 radical (unpaired) electrons. The van der Waals surface area contributed by atoms with Gasteiger partial charge in [-0.25, -0.2) is 4.79 Å². The molecule has 0 spiro atoms. The number of aromatic nitrogens is 2. The van der Waals surface area contributed by atoms with Crippen LogP contribution in [0.1, 0.15) is 11.8 Å². The highest BCUT2D eigenvalue weighted by atomic mass is 16.6. The lowest BCUT2D eigenvalue weighted by molar-refractivity contribution is -0.0551. The highest BCUT2D eigenvalue weighted by molar-refractivity contribution is 5.06. The van der Waals surface area contributed by atoms with Crippen molar-refractivity contribution in [1.29, 1.82) is 0 Å². The first-order chi connectivity index (χ1) is 9.99. The molecule has 2 rings (SSSR count). The van der Waals surface area contributed by atoms with Gasteiger partial charge in [-0.1, -0.05) is 5.11 Å². The Hall–Kier alpha value is -2.17. The fourth-order valence-corrected chi connectivity index (χ4v) is 2.05. The predicted molar refractivity (Wildman–Crippen MR) is 67.2 cm³/mol. The van der Waals surface area contributed by atoms with Gasteiger partial charge < -0.3 is 20.1 Å². The lowest BCUT2D eigenvalue weighted by Crippen LogP contribution is -2.38. The van der Waals surface area contributed by atoms with E-state index in [2.05, 4.69) is 10.0 Å². The molecule has 1 aromatic heterocycles. The highest BCUT2D eigenvalue weighted by Crippen LogP contribution is 2.27. The molecule has 2 heterocycles. The van der Waals surface area contributed by atoms with E-state index in [4.69, 9.17) is 15.4 Å². The summed E-state index contributed by atoms with van der Waals surface area (Å²) in [6, 6.07) is 0. The standard InChI is InChI=1S/C10H13N5O6/c11-14-12-1-4-2-15(10(20)13-8(4)19)9-7(18)6(17)5(3-16)21-9/h2,5-7,9,16-18H,1,3H2,(H,13,19,20)/t5-,6?,7?,9-/m0/s1. The molecular formula is C10H13N5O6. The average molecular weight is 299 g/mol. The summed E-state index contributed by atoms with van der Waals surface area (Å²) in [6.45, 7) is -0.834. The topological polar surface area (TPSA) is 174 Å². The number of azide groups is 1. The Kier molecular flexibility index (Phi) is 4.40. The van der Waals surface area contributed by atoms with Crippen LogP contribution in [0.15, 0.2) is 20.9 Å². The van der Waals surface area contributed by atoms with Gasteiger partial charge in [-0.15, -0.1) is 0 Å². The second-order valence-electron chi connectivity index (χ2n) is 4.44. The summed E-state index contributed by atoms with van der Waals surface area (Å²) in [7, 11) is 0. The molecule has 0 aliphatic carbocycles. The highest BCUT2D eigenvalue weighted by Gasteiger charge is 2.43. The molecule has 4 atom stereocenters. The molecule has 1 fully saturated rings. The van der Waals surface area contributed by atoms with E-state index in [0.29, 0.717) is 0 Å². The molecule has 11 heteroatoms. The van der Waals surface area contributed by atoms with Gasteiger partial charge in [-0.2, -0.15) is 0 Å². The van der Waals surface area contributed by atoms with Gasteiger partial charge in [0.25, 0.3) is 5.56 Å². The monoisotopic (exact) mass is 299 g/mol. The zero-order valence-electron chi connectivity index (χ0n) is 10.7. The predicted octanol–water partition coefficient (Wildman–Crippen LogP) is -2.04. The van der Waals surface area contributed by atoms with E-state index in [1.807, 2.05) is 4.98 Å². The Morgan fingerprint density at radius 1 is 1.43 bits per heavy atom. The first-order valence-electron chi connectivity index (χ1n) is 5.97. The third kappa shape index (κ3) is 2.82. The quantitative estimate of drug-likeness (QED) is 0.283. The van der Waals surface area contributed by atoms with Crippen LogP contribution in [-0.4, -0.2) is 49.8 Å². The first kappa shape index (κ1) is 15.2. The zero-order valence-corrected chi connectivity index (χ0v) is 10.7. The van der Waals surface area contributed by atoms with Crippen LogP contribution in [0.5, 0.6) is 0 Å². The van der Waals surface area contributed by atoms with Crippen LogP contribution in [0.3, 0.4) is 0 Å². The third-order valence-corrected chi connectivity index (χ3v) is 3.14. The molecule has 11 nitrogen and oxygen atoms in total. The zero-order chi connectivity index (χ0) is 15.6. The van der Waals surface area contributed by atoms with E-state index < -0.39 is 42.4 Å². The first-order valence-corrected chi connectivity index (χ1v) is 5.97. The number of rotatable bonds is 4. The van der Waals surface area contributed by atoms with E-state index in [-0.39, 0.29) is 12.1 Å². The Balaban J connectivity index is 2.42. The maximum Gasteiger partial charge on any atom is 0.330 e. The van der Waals surface area contributed by atoms with Crippen molar-refractivity contribution in [1.82, 2.24) is 9.55 Å². The minimum atomic E-state index is -1.46. The van der Waals surface area contributed by atoms with Gasteiger partial charge in [0.15, 0.2) is 6.23 Å². The SMILES string of the molecule is [N-]=[N+]=NCc1cn([C@H]2O[C@@H](CO)C(O)C2O)c(=O)[nH]c1=O. The van der Waals surface area contributed by atoms with Gasteiger partial charge in [0.05, 0.1) is 13.2 Å². The second-order valence-corrected chi connectivity index (χ2v) is 4.44. The molecule has 0 aromatic carbocycles. The van der Waals surface area contributed by atoms with Crippen LogP contribution in [-0.2, 0) is 11.3 Å². The Morgan fingerprint density at radius 3 is 2.71 bits per heavy atom. The Morgan fingerprint density at radius 2 is 2.14 bits per heavy atom. The summed E-state index contributed by atoms with van der Waals surface area (Å²) in [5.74, 6) is 0. The van der Waals surface area contributed by atoms with Crippen molar-refractivity contribution in [3.8, 4) is 0 Å². The van der Waals surface area contributed by atoms with E-state index in [9.17, 15) is 19.8 Å². The maximum atomic E-state index is 11.8. The molecule has 0 bridgehead atoms. The van der Waals surface area contributed by atoms with Gasteiger partial charge >= 0.3 is 5.69 Å². The smallest absolute Gasteiger partial charge is 0.330 e. The fraction of sp³-hybridized carbons (Fsp3) is 0.600. The molecule has 114 valence electrons. The summed E-state index contributed by atoms with van der Waals surface area (Å²) in [4.78, 5) is 27.8. The average Bonchev–Trinajstić information content (AvgIpc) is 2.74. The van der Waals surface area contributed by atoms with Crippen molar-refractivity contribution < 1.29 is 20.1 Å². The minimum absolute atomic E-state index is 0.00913. The summed E-state index contributed by atoms with van der Waals surface area (Å²) in [6.07, 6.45) is -4.08. The van der Waals surface area contributed by atoms with Crippen LogP contribution in [0.4, 0.5) is 0 Å². The Bertz CT molecular complexity index is 677. The van der Waals surface area contributed by atoms with Crippen molar-refractivity contribution in [3.63, 3.8) is 0 Å². The normalized spacial score (nSPS) is 28.3. The number of H-pyrrole nitrogens is 1. The van der Waals surface area contributed by atoms with E-state index in [0.717, 1.165) is 10.8 Å². The van der Waals surface area contributed by atoms with E-state index in [1.54, 1.807) is 0 Å². The molecule has 2 unspecified atom stereocenters. The van der Waals surface area contributed by atoms with E-state index >= 15 is 0 Å². The lowest BCUT2D eigenvalue weighted by atomic mass is 10.1. The van der Waals surface area contributed by atoms with Crippen LogP contribution in [0, 0.1) is 0 Å². The summed E-state index contributed by atoms with van der Waals surface area (Å²) in [5, 5.41) is 31.7. The van der Waals surface area contributed by atoms with Gasteiger partial charge in [-0.3, -0.25) is 14.3 Å². The molecule has 21 heavy (non-hydrogen) atoms. The molecule has 1 aliphatic heterocycles. The van der Waals surface area contributed by atoms with Gasteiger partial charge in [0.1, 0.15) is 18.3 Å². The molecule has 1 saturated heterocycles. The van der Waals surface area contributed by atoms with Gasteiger partial charge in [-0.05, 0) is 5.53 Å². The van der Waals surface area contributed by atoms with Crippen LogP contribution in [0.25, 0.3) is 10.4 Å². The molecule has 0 amide bonds. The number of ether oxygens (including phenoxy) is 1. The second kappa shape index (κ2) is 6.08. The fourth-order valence-electron chi connectivity index (χ4n) is 2.05. The third-order valence-electron chi connectivity index (χ3n) is 3.14. The number of aliphatic hydroxyl groups excluding tert-OH is 3. The number of aliphatic hydroxyl groups is 3. The number of nitrogens with one attached hydrogen (secondary N) is 1. The van der Waals surface area contributed by atoms with Crippen molar-refractivity contribution in [2.24, 2.45) is 5.11 Å². The minimum Gasteiger partial charge on any atom is -0.394 e.